The number of allylic oxidation sites excluding steroid dienone is 4. The van der Waals surface area contributed by atoms with Gasteiger partial charge in [-0.25, -0.2) is 0 Å². The molecule has 0 radical (unpaired) electrons. The third kappa shape index (κ3) is 4.01. The maximum Gasteiger partial charge on any atom is 0.221 e. The minimum absolute atomic E-state index is 0.0820. The molecule has 0 aromatic rings. The van der Waals surface area contributed by atoms with Crippen molar-refractivity contribution in [3.63, 3.8) is 0 Å². The summed E-state index contributed by atoms with van der Waals surface area (Å²) in [6.45, 7) is 1.98. The van der Waals surface area contributed by atoms with Crippen LogP contribution in [0.5, 0.6) is 0 Å². The van der Waals surface area contributed by atoms with Gasteiger partial charge in [-0.05, 0) is 26.2 Å². The Balaban J connectivity index is 2.12. The number of rotatable bonds is 7. The minimum Gasteiger partial charge on any atom is -0.369 e. The molecule has 0 aliphatic heterocycles. The highest BCUT2D eigenvalue weighted by atomic mass is 16.1. The first-order chi connectivity index (χ1) is 7.66. The molecule has 0 bridgehead atoms. The molecular formula is C13H19NO2. The van der Waals surface area contributed by atoms with E-state index < -0.39 is 0 Å². The summed E-state index contributed by atoms with van der Waals surface area (Å²) in [5.74, 6) is -0.414. The molecule has 2 N–H and O–H groups in total. The maximum atomic E-state index is 11.6. The average Bonchev–Trinajstić information content (AvgIpc) is 3.02. The Kier molecular flexibility index (Phi) is 4.96. The molecule has 0 heterocycles. The number of hydrogen-bond acceptors (Lipinski definition) is 2. The number of Topliss-reactive ketones (excluding diaryl/α,β-unsaturated/α-hetero) is 1. The van der Waals surface area contributed by atoms with Gasteiger partial charge in [0.2, 0.25) is 5.91 Å². The van der Waals surface area contributed by atoms with Gasteiger partial charge in [-0.15, -0.1) is 0 Å². The van der Waals surface area contributed by atoms with Gasteiger partial charge in [0, 0.05) is 18.3 Å². The van der Waals surface area contributed by atoms with Crippen molar-refractivity contribution in [3.8, 4) is 0 Å². The van der Waals surface area contributed by atoms with Crippen LogP contribution in [0.15, 0.2) is 24.3 Å². The third-order valence-corrected chi connectivity index (χ3v) is 2.80. The number of amides is 1. The van der Waals surface area contributed by atoms with Crippen LogP contribution in [0, 0.1) is 11.8 Å². The molecule has 3 nitrogen and oxygen atoms in total. The van der Waals surface area contributed by atoms with Gasteiger partial charge in [0.15, 0.2) is 0 Å². The normalized spacial score (nSPS) is 24.1. The van der Waals surface area contributed by atoms with Gasteiger partial charge in [0.25, 0.3) is 0 Å². The Hall–Kier alpha value is -1.38. The van der Waals surface area contributed by atoms with Crippen LogP contribution >= 0.6 is 0 Å². The molecule has 3 heteroatoms. The number of hydrogen-bond donors (Lipinski definition) is 1. The van der Waals surface area contributed by atoms with E-state index in [0.717, 1.165) is 12.8 Å². The van der Waals surface area contributed by atoms with Crippen molar-refractivity contribution in [1.82, 2.24) is 0 Å². The summed E-state index contributed by atoms with van der Waals surface area (Å²) in [4.78, 5) is 22.3. The van der Waals surface area contributed by atoms with Crippen LogP contribution in [0.3, 0.4) is 0 Å². The smallest absolute Gasteiger partial charge is 0.221 e. The zero-order valence-electron chi connectivity index (χ0n) is 9.69. The first-order valence-electron chi connectivity index (χ1n) is 5.75. The van der Waals surface area contributed by atoms with Gasteiger partial charge in [-0.2, -0.15) is 0 Å². The fraction of sp³-hybridized carbons (Fsp3) is 0.538. The van der Waals surface area contributed by atoms with E-state index in [1.165, 1.54) is 0 Å². The topological polar surface area (TPSA) is 60.2 Å². The van der Waals surface area contributed by atoms with Crippen LogP contribution in [0.4, 0.5) is 0 Å². The summed E-state index contributed by atoms with van der Waals surface area (Å²) < 4.78 is 0. The monoisotopic (exact) mass is 221 g/mol. The molecule has 1 amide bonds. The quantitative estimate of drug-likeness (QED) is 0.668. The highest BCUT2D eigenvalue weighted by molar-refractivity contribution is 5.92. The Morgan fingerprint density at radius 2 is 2.00 bits per heavy atom. The van der Waals surface area contributed by atoms with Crippen molar-refractivity contribution < 1.29 is 9.59 Å². The molecule has 1 saturated carbocycles. The van der Waals surface area contributed by atoms with Gasteiger partial charge in [0.1, 0.15) is 5.78 Å². The SMILES string of the molecule is C/C=C/C/C=C/CCC(=O)[C@H]1C[C@H]1C(N)=O. The number of nitrogens with two attached hydrogens (primary N) is 1. The fourth-order valence-electron chi connectivity index (χ4n) is 1.71. The number of carbonyl (C=O) groups excluding carboxylic acids is 2. The van der Waals surface area contributed by atoms with Crippen LogP contribution in [-0.2, 0) is 9.59 Å². The van der Waals surface area contributed by atoms with Crippen molar-refractivity contribution in [2.75, 3.05) is 0 Å². The van der Waals surface area contributed by atoms with E-state index in [0.29, 0.717) is 12.8 Å². The minimum atomic E-state index is -0.332. The van der Waals surface area contributed by atoms with E-state index >= 15 is 0 Å². The molecule has 0 spiro atoms. The molecule has 1 fully saturated rings. The van der Waals surface area contributed by atoms with E-state index in [9.17, 15) is 9.59 Å². The number of primary amides is 1. The van der Waals surface area contributed by atoms with Gasteiger partial charge in [-0.3, -0.25) is 9.59 Å². The van der Waals surface area contributed by atoms with Crippen LogP contribution < -0.4 is 5.73 Å². The van der Waals surface area contributed by atoms with Gasteiger partial charge in [0.05, 0.1) is 0 Å². The standard InChI is InChI=1S/C13H19NO2/c1-2-3-4-5-6-7-8-12(15)10-9-11(10)13(14)16/h2-3,5-6,10-11H,4,7-9H2,1H3,(H2,14,16)/b3-2+,6-5+/t10-,11+/m0/s1. The first kappa shape index (κ1) is 12.7. The van der Waals surface area contributed by atoms with E-state index in [-0.39, 0.29) is 23.5 Å². The van der Waals surface area contributed by atoms with Crippen molar-refractivity contribution in [2.24, 2.45) is 17.6 Å². The van der Waals surface area contributed by atoms with E-state index in [2.05, 4.69) is 6.08 Å². The lowest BCUT2D eigenvalue weighted by Gasteiger charge is -1.95. The molecule has 1 rings (SSSR count). The Morgan fingerprint density at radius 3 is 2.56 bits per heavy atom. The lowest BCUT2D eigenvalue weighted by molar-refractivity contribution is -0.124. The molecule has 16 heavy (non-hydrogen) atoms. The van der Waals surface area contributed by atoms with Crippen LogP contribution in [0.1, 0.15) is 32.6 Å². The lowest BCUT2D eigenvalue weighted by Crippen LogP contribution is -2.16. The molecule has 0 unspecified atom stereocenters. The van der Waals surface area contributed by atoms with Crippen LogP contribution in [0.25, 0.3) is 0 Å². The van der Waals surface area contributed by atoms with E-state index in [1.807, 2.05) is 25.2 Å². The second kappa shape index (κ2) is 6.26. The maximum absolute atomic E-state index is 11.6. The molecule has 1 aliphatic rings. The molecular weight excluding hydrogens is 202 g/mol. The van der Waals surface area contributed by atoms with Crippen LogP contribution in [-0.4, -0.2) is 11.7 Å². The van der Waals surface area contributed by atoms with Gasteiger partial charge in [-0.1, -0.05) is 24.3 Å². The van der Waals surface area contributed by atoms with Gasteiger partial charge >= 0.3 is 0 Å². The summed E-state index contributed by atoms with van der Waals surface area (Å²) in [6, 6.07) is 0. The van der Waals surface area contributed by atoms with Crippen molar-refractivity contribution in [3.05, 3.63) is 24.3 Å². The molecule has 0 aromatic carbocycles. The largest absolute Gasteiger partial charge is 0.369 e. The Labute approximate surface area is 96.4 Å². The zero-order valence-corrected chi connectivity index (χ0v) is 9.69. The predicted molar refractivity (Wildman–Crippen MR) is 63.6 cm³/mol. The van der Waals surface area contributed by atoms with E-state index in [1.54, 1.807) is 0 Å². The molecule has 0 saturated heterocycles. The lowest BCUT2D eigenvalue weighted by atomic mass is 10.1. The first-order valence-corrected chi connectivity index (χ1v) is 5.75. The second-order valence-corrected chi connectivity index (χ2v) is 4.13. The summed E-state index contributed by atoms with van der Waals surface area (Å²) >= 11 is 0. The zero-order chi connectivity index (χ0) is 12.0. The molecule has 88 valence electrons. The molecule has 0 aromatic heterocycles. The Bertz CT molecular complexity index is 318. The second-order valence-electron chi connectivity index (χ2n) is 4.13. The van der Waals surface area contributed by atoms with Crippen molar-refractivity contribution in [1.29, 1.82) is 0 Å². The van der Waals surface area contributed by atoms with Crippen molar-refractivity contribution >= 4 is 11.7 Å². The summed E-state index contributed by atoms with van der Waals surface area (Å²) in [6.07, 6.45) is 11.0. The number of ketones is 1. The predicted octanol–water partition coefficient (Wildman–Crippen LogP) is 1.98. The highest BCUT2D eigenvalue weighted by Gasteiger charge is 2.45. The highest BCUT2D eigenvalue weighted by Crippen LogP contribution is 2.39. The summed E-state index contributed by atoms with van der Waals surface area (Å²) in [5.41, 5.74) is 5.12. The van der Waals surface area contributed by atoms with Gasteiger partial charge < -0.3 is 5.73 Å². The Morgan fingerprint density at radius 1 is 1.25 bits per heavy atom. The van der Waals surface area contributed by atoms with E-state index in [4.69, 9.17) is 5.73 Å². The van der Waals surface area contributed by atoms with Crippen molar-refractivity contribution in [2.45, 2.75) is 32.6 Å². The number of carbonyl (C=O) groups is 2. The third-order valence-electron chi connectivity index (χ3n) is 2.80. The summed E-state index contributed by atoms with van der Waals surface area (Å²) in [7, 11) is 0. The average molecular weight is 221 g/mol. The summed E-state index contributed by atoms with van der Waals surface area (Å²) in [5, 5.41) is 0. The molecule has 2 atom stereocenters. The van der Waals surface area contributed by atoms with Crippen LogP contribution in [0.2, 0.25) is 0 Å². The molecule has 1 aliphatic carbocycles. The fourth-order valence-corrected chi connectivity index (χ4v) is 1.71.